The first-order valence-corrected chi connectivity index (χ1v) is 7.37. The van der Waals surface area contributed by atoms with Crippen molar-refractivity contribution in [3.05, 3.63) is 66.0 Å². The molecule has 0 radical (unpaired) electrons. The molecule has 0 amide bonds. The standard InChI is InChI=1S/C17H16ClN3/c1-21(12-15-7-4-5-9-19-15)17-14(11-18)10-13-6-2-3-8-16(13)20-17/h2-10H,11-12H2,1H3. The number of halogens is 1. The van der Waals surface area contributed by atoms with E-state index in [1.165, 1.54) is 0 Å². The van der Waals surface area contributed by atoms with E-state index in [1.807, 2.05) is 43.4 Å². The lowest BCUT2D eigenvalue weighted by molar-refractivity contribution is 0.863. The van der Waals surface area contributed by atoms with Crippen molar-refractivity contribution in [3.8, 4) is 0 Å². The van der Waals surface area contributed by atoms with Gasteiger partial charge < -0.3 is 4.90 Å². The minimum atomic E-state index is 0.444. The lowest BCUT2D eigenvalue weighted by Gasteiger charge is -2.21. The summed E-state index contributed by atoms with van der Waals surface area (Å²) in [7, 11) is 2.02. The molecule has 2 heterocycles. The maximum Gasteiger partial charge on any atom is 0.133 e. The third-order valence-electron chi connectivity index (χ3n) is 3.41. The Kier molecular flexibility index (Phi) is 4.02. The summed E-state index contributed by atoms with van der Waals surface area (Å²) in [6.07, 6.45) is 1.81. The molecule has 3 rings (SSSR count). The summed E-state index contributed by atoms with van der Waals surface area (Å²) in [6, 6.07) is 16.1. The molecule has 0 unspecified atom stereocenters. The van der Waals surface area contributed by atoms with Gasteiger partial charge in [-0.25, -0.2) is 4.98 Å². The molecule has 0 fully saturated rings. The second-order valence-electron chi connectivity index (χ2n) is 4.97. The topological polar surface area (TPSA) is 29.0 Å². The summed E-state index contributed by atoms with van der Waals surface area (Å²) in [5, 5.41) is 1.11. The third-order valence-corrected chi connectivity index (χ3v) is 3.70. The Bertz CT molecular complexity index is 743. The Morgan fingerprint density at radius 1 is 1.10 bits per heavy atom. The minimum absolute atomic E-state index is 0.444. The Hall–Kier alpha value is -2.13. The quantitative estimate of drug-likeness (QED) is 0.682. The number of fused-ring (bicyclic) bond motifs is 1. The molecule has 1 aromatic carbocycles. The van der Waals surface area contributed by atoms with Crippen molar-refractivity contribution in [2.24, 2.45) is 0 Å². The van der Waals surface area contributed by atoms with Crippen molar-refractivity contribution >= 4 is 28.3 Å². The molecule has 4 heteroatoms. The van der Waals surface area contributed by atoms with Gasteiger partial charge >= 0.3 is 0 Å². The van der Waals surface area contributed by atoms with Crippen LogP contribution >= 0.6 is 11.6 Å². The molecule has 2 aromatic heterocycles. The number of hydrogen-bond acceptors (Lipinski definition) is 3. The number of para-hydroxylation sites is 1. The molecular formula is C17H16ClN3. The molecule has 0 N–H and O–H groups in total. The predicted octanol–water partition coefficient (Wildman–Crippen LogP) is 4.01. The van der Waals surface area contributed by atoms with Crippen LogP contribution in [0, 0.1) is 0 Å². The molecule has 0 spiro atoms. The zero-order valence-corrected chi connectivity index (χ0v) is 12.6. The van der Waals surface area contributed by atoms with Gasteiger partial charge in [0.2, 0.25) is 0 Å². The highest BCUT2D eigenvalue weighted by atomic mass is 35.5. The van der Waals surface area contributed by atoms with Crippen molar-refractivity contribution in [2.75, 3.05) is 11.9 Å². The third kappa shape index (κ3) is 2.98. The Labute approximate surface area is 129 Å². The highest BCUT2D eigenvalue weighted by Crippen LogP contribution is 2.25. The molecular weight excluding hydrogens is 282 g/mol. The first-order chi connectivity index (χ1) is 10.3. The second kappa shape index (κ2) is 6.10. The lowest BCUT2D eigenvalue weighted by Crippen LogP contribution is -2.20. The minimum Gasteiger partial charge on any atom is -0.353 e. The maximum atomic E-state index is 6.10. The summed E-state index contributed by atoms with van der Waals surface area (Å²) < 4.78 is 0. The van der Waals surface area contributed by atoms with Gasteiger partial charge in [0, 0.05) is 24.2 Å². The summed E-state index contributed by atoms with van der Waals surface area (Å²) >= 11 is 6.10. The van der Waals surface area contributed by atoms with E-state index < -0.39 is 0 Å². The normalized spacial score (nSPS) is 10.8. The average Bonchev–Trinajstić information content (AvgIpc) is 2.54. The summed E-state index contributed by atoms with van der Waals surface area (Å²) in [5.74, 6) is 1.36. The fourth-order valence-corrected chi connectivity index (χ4v) is 2.58. The summed E-state index contributed by atoms with van der Waals surface area (Å²) in [6.45, 7) is 0.704. The molecule has 3 aromatic rings. The van der Waals surface area contributed by atoms with Crippen molar-refractivity contribution < 1.29 is 0 Å². The van der Waals surface area contributed by atoms with Gasteiger partial charge in [-0.3, -0.25) is 4.98 Å². The Morgan fingerprint density at radius 2 is 1.90 bits per heavy atom. The lowest BCUT2D eigenvalue weighted by atomic mass is 10.1. The number of nitrogens with zero attached hydrogens (tertiary/aromatic N) is 3. The molecule has 0 aliphatic heterocycles. The van der Waals surface area contributed by atoms with Gasteiger partial charge in [0.15, 0.2) is 0 Å². The zero-order valence-electron chi connectivity index (χ0n) is 11.8. The molecule has 0 saturated carbocycles. The van der Waals surface area contributed by atoms with Crippen LogP contribution in [0.1, 0.15) is 11.3 Å². The zero-order chi connectivity index (χ0) is 14.7. The van der Waals surface area contributed by atoms with Crippen LogP contribution in [0.2, 0.25) is 0 Å². The summed E-state index contributed by atoms with van der Waals surface area (Å²) in [4.78, 5) is 11.2. The second-order valence-corrected chi connectivity index (χ2v) is 5.24. The van der Waals surface area contributed by atoms with E-state index >= 15 is 0 Å². The average molecular weight is 298 g/mol. The predicted molar refractivity (Wildman–Crippen MR) is 87.6 cm³/mol. The van der Waals surface area contributed by atoms with E-state index in [4.69, 9.17) is 16.6 Å². The highest BCUT2D eigenvalue weighted by Gasteiger charge is 2.11. The first kappa shape index (κ1) is 13.8. The van der Waals surface area contributed by atoms with Crippen molar-refractivity contribution in [2.45, 2.75) is 12.4 Å². The van der Waals surface area contributed by atoms with E-state index in [-0.39, 0.29) is 0 Å². The maximum absolute atomic E-state index is 6.10. The Balaban J connectivity index is 1.98. The number of hydrogen-bond donors (Lipinski definition) is 0. The van der Waals surface area contributed by atoms with E-state index in [9.17, 15) is 0 Å². The SMILES string of the molecule is CN(Cc1ccccn1)c1nc2ccccc2cc1CCl. The smallest absolute Gasteiger partial charge is 0.133 e. The number of anilines is 1. The number of rotatable bonds is 4. The Morgan fingerprint density at radius 3 is 2.67 bits per heavy atom. The van der Waals surface area contributed by atoms with E-state index in [0.717, 1.165) is 28.0 Å². The molecule has 3 nitrogen and oxygen atoms in total. The molecule has 106 valence electrons. The number of benzene rings is 1. The van der Waals surface area contributed by atoms with Crippen LogP contribution in [-0.2, 0) is 12.4 Å². The van der Waals surface area contributed by atoms with E-state index in [2.05, 4.69) is 22.0 Å². The molecule has 0 aliphatic rings. The van der Waals surface area contributed by atoms with Crippen LogP contribution in [0.4, 0.5) is 5.82 Å². The number of alkyl halides is 1. The van der Waals surface area contributed by atoms with Crippen molar-refractivity contribution in [1.82, 2.24) is 9.97 Å². The van der Waals surface area contributed by atoms with Gasteiger partial charge in [-0.05, 0) is 24.3 Å². The largest absolute Gasteiger partial charge is 0.353 e. The fraction of sp³-hybridized carbons (Fsp3) is 0.176. The van der Waals surface area contributed by atoms with Crippen LogP contribution in [0.5, 0.6) is 0 Å². The van der Waals surface area contributed by atoms with Crippen LogP contribution in [0.25, 0.3) is 10.9 Å². The molecule has 0 bridgehead atoms. The van der Waals surface area contributed by atoms with Gasteiger partial charge in [0.05, 0.1) is 23.6 Å². The van der Waals surface area contributed by atoms with Crippen molar-refractivity contribution in [1.29, 1.82) is 0 Å². The molecule has 0 aliphatic carbocycles. The summed E-state index contributed by atoms with van der Waals surface area (Å²) in [5.41, 5.74) is 3.03. The molecule has 0 saturated heterocycles. The van der Waals surface area contributed by atoms with Gasteiger partial charge in [-0.2, -0.15) is 0 Å². The molecule has 0 atom stereocenters. The molecule has 21 heavy (non-hydrogen) atoms. The van der Waals surface area contributed by atoms with Crippen LogP contribution in [-0.4, -0.2) is 17.0 Å². The first-order valence-electron chi connectivity index (χ1n) is 6.83. The van der Waals surface area contributed by atoms with E-state index in [0.29, 0.717) is 12.4 Å². The highest BCUT2D eigenvalue weighted by molar-refractivity contribution is 6.17. The van der Waals surface area contributed by atoms with Crippen molar-refractivity contribution in [3.63, 3.8) is 0 Å². The van der Waals surface area contributed by atoms with E-state index in [1.54, 1.807) is 6.20 Å². The van der Waals surface area contributed by atoms with Crippen LogP contribution < -0.4 is 4.90 Å². The fourth-order valence-electron chi connectivity index (χ4n) is 2.39. The number of pyridine rings is 2. The van der Waals surface area contributed by atoms with Crippen LogP contribution in [0.15, 0.2) is 54.7 Å². The van der Waals surface area contributed by atoms with Gasteiger partial charge in [-0.1, -0.05) is 24.3 Å². The van der Waals surface area contributed by atoms with Gasteiger partial charge in [0.25, 0.3) is 0 Å². The van der Waals surface area contributed by atoms with Gasteiger partial charge in [-0.15, -0.1) is 11.6 Å². The van der Waals surface area contributed by atoms with Crippen LogP contribution in [0.3, 0.4) is 0 Å². The monoisotopic (exact) mass is 297 g/mol. The number of aromatic nitrogens is 2. The van der Waals surface area contributed by atoms with Gasteiger partial charge in [0.1, 0.15) is 5.82 Å².